The van der Waals surface area contributed by atoms with Crippen LogP contribution in [-0.4, -0.2) is 49.7 Å². The number of aromatic nitrogens is 3. The first-order chi connectivity index (χ1) is 12.5. The maximum atomic E-state index is 12.3. The van der Waals surface area contributed by atoms with Crippen LogP contribution in [0.2, 0.25) is 0 Å². The van der Waals surface area contributed by atoms with Gasteiger partial charge in [-0.1, -0.05) is 17.2 Å². The molecule has 8 heteroatoms. The van der Waals surface area contributed by atoms with Gasteiger partial charge in [0.05, 0.1) is 12.6 Å². The predicted molar refractivity (Wildman–Crippen MR) is 93.9 cm³/mol. The van der Waals surface area contributed by atoms with E-state index in [1.165, 1.54) is 28.3 Å². The van der Waals surface area contributed by atoms with E-state index < -0.39 is 0 Å². The third kappa shape index (κ3) is 3.62. The van der Waals surface area contributed by atoms with Gasteiger partial charge in [-0.3, -0.25) is 9.59 Å². The fraction of sp³-hybridized carbons (Fsp3) is 0.278. The van der Waals surface area contributed by atoms with Gasteiger partial charge in [0.1, 0.15) is 12.9 Å². The van der Waals surface area contributed by atoms with E-state index >= 15 is 0 Å². The highest BCUT2D eigenvalue weighted by Crippen LogP contribution is 2.18. The first kappa shape index (κ1) is 17.4. The molecule has 0 spiro atoms. The average molecular weight is 350 g/mol. The molecule has 0 bridgehead atoms. The molecule has 1 aliphatic heterocycles. The summed E-state index contributed by atoms with van der Waals surface area (Å²) in [4.78, 5) is 28.3. The van der Waals surface area contributed by atoms with Gasteiger partial charge in [0.2, 0.25) is 5.91 Å². The molecule has 8 nitrogen and oxygen atoms in total. The molecule has 1 aromatic carbocycles. The second-order valence-corrected chi connectivity index (χ2v) is 6.06. The molecule has 0 unspecified atom stereocenters. The zero-order chi connectivity index (χ0) is 18.7. The summed E-state index contributed by atoms with van der Waals surface area (Å²) in [5.74, 6) is -0.0444. The van der Waals surface area contributed by atoms with E-state index in [4.69, 9.17) is 5.26 Å². The van der Waals surface area contributed by atoms with E-state index in [0.29, 0.717) is 5.82 Å². The van der Waals surface area contributed by atoms with Crippen LogP contribution in [0.3, 0.4) is 0 Å². The van der Waals surface area contributed by atoms with Gasteiger partial charge in [-0.25, -0.2) is 19.7 Å². The number of benzene rings is 1. The lowest BCUT2D eigenvalue weighted by Crippen LogP contribution is -2.42. The van der Waals surface area contributed by atoms with Crippen LogP contribution in [0.15, 0.2) is 30.6 Å². The molecule has 1 fully saturated rings. The Labute approximate surface area is 150 Å². The van der Waals surface area contributed by atoms with Crippen LogP contribution in [0.5, 0.6) is 0 Å². The third-order valence-electron chi connectivity index (χ3n) is 3.95. The van der Waals surface area contributed by atoms with Crippen molar-refractivity contribution in [1.29, 1.82) is 5.26 Å². The quantitative estimate of drug-likeness (QED) is 0.615. The van der Waals surface area contributed by atoms with Crippen molar-refractivity contribution in [1.82, 2.24) is 24.8 Å². The molecule has 0 radical (unpaired) electrons. The van der Waals surface area contributed by atoms with Crippen molar-refractivity contribution in [3.8, 4) is 17.5 Å². The smallest absolute Gasteiger partial charge is 0.266 e. The molecule has 1 aromatic heterocycles. The molecular formula is C18H18N6O2. The molecule has 0 aliphatic carbocycles. The molecule has 132 valence electrons. The highest BCUT2D eigenvalue weighted by molar-refractivity contribution is 5.93. The van der Waals surface area contributed by atoms with E-state index in [2.05, 4.69) is 16.1 Å². The molecular weight excluding hydrogens is 332 g/mol. The normalized spacial score (nSPS) is 14.3. The van der Waals surface area contributed by atoms with Crippen LogP contribution in [0.1, 0.15) is 17.5 Å². The summed E-state index contributed by atoms with van der Waals surface area (Å²) in [5, 5.41) is 15.6. The molecule has 1 saturated heterocycles. The zero-order valence-corrected chi connectivity index (χ0v) is 14.6. The maximum absolute atomic E-state index is 12.3. The minimum Gasteiger partial charge on any atom is -0.273 e. The van der Waals surface area contributed by atoms with Gasteiger partial charge < -0.3 is 0 Å². The van der Waals surface area contributed by atoms with Gasteiger partial charge in [0.25, 0.3) is 5.91 Å². The van der Waals surface area contributed by atoms with E-state index in [1.54, 1.807) is 0 Å². The lowest BCUT2D eigenvalue weighted by molar-refractivity contribution is -0.149. The standard InChI is InChI=1S/C18H18N6O2/c1-13-9-14(2)11-15(10-13)18-20-12-22(21-18)6-3-16(25)23-7-4-17(26)24(23)8-5-19/h3,6,9-12H,4,7-8H2,1-2H3/b6-3-. The van der Waals surface area contributed by atoms with E-state index in [-0.39, 0.29) is 31.3 Å². The Hall–Kier alpha value is -3.47. The summed E-state index contributed by atoms with van der Waals surface area (Å²) in [6, 6.07) is 7.96. The van der Waals surface area contributed by atoms with Crippen LogP contribution in [0, 0.1) is 25.2 Å². The van der Waals surface area contributed by atoms with Crippen LogP contribution in [0.25, 0.3) is 17.6 Å². The molecule has 2 heterocycles. The van der Waals surface area contributed by atoms with Crippen molar-refractivity contribution in [2.75, 3.05) is 13.1 Å². The summed E-state index contributed by atoms with van der Waals surface area (Å²) in [6.45, 7) is 4.15. The second kappa shape index (κ2) is 7.19. The summed E-state index contributed by atoms with van der Waals surface area (Å²) >= 11 is 0. The van der Waals surface area contributed by atoms with E-state index in [0.717, 1.165) is 21.7 Å². The van der Waals surface area contributed by atoms with Crippen molar-refractivity contribution >= 4 is 18.0 Å². The summed E-state index contributed by atoms with van der Waals surface area (Å²) in [7, 11) is 0. The monoisotopic (exact) mass is 350 g/mol. The first-order valence-corrected chi connectivity index (χ1v) is 8.14. The summed E-state index contributed by atoms with van der Waals surface area (Å²) in [6.07, 6.45) is 4.53. The van der Waals surface area contributed by atoms with Crippen molar-refractivity contribution in [3.05, 3.63) is 41.7 Å². The minimum atomic E-state index is -0.380. The molecule has 2 aromatic rings. The van der Waals surface area contributed by atoms with Crippen LogP contribution < -0.4 is 0 Å². The van der Waals surface area contributed by atoms with Gasteiger partial charge >= 0.3 is 0 Å². The van der Waals surface area contributed by atoms with Gasteiger partial charge in [-0.2, -0.15) is 5.26 Å². The van der Waals surface area contributed by atoms with Crippen LogP contribution >= 0.6 is 0 Å². The summed E-state index contributed by atoms with van der Waals surface area (Å²) < 4.78 is 1.44. The third-order valence-corrected chi connectivity index (χ3v) is 3.95. The maximum Gasteiger partial charge on any atom is 0.266 e. The topological polar surface area (TPSA) is 95.1 Å². The van der Waals surface area contributed by atoms with Gasteiger partial charge in [0, 0.05) is 24.3 Å². The summed E-state index contributed by atoms with van der Waals surface area (Å²) in [5.41, 5.74) is 3.16. The minimum absolute atomic E-state index is 0.140. The highest BCUT2D eigenvalue weighted by atomic mass is 16.2. The second-order valence-electron chi connectivity index (χ2n) is 6.06. The Morgan fingerprint density at radius 2 is 2.04 bits per heavy atom. The predicted octanol–water partition coefficient (Wildman–Crippen LogP) is 1.53. The highest BCUT2D eigenvalue weighted by Gasteiger charge is 2.31. The number of amides is 2. The Bertz CT molecular complexity index is 904. The Morgan fingerprint density at radius 1 is 1.31 bits per heavy atom. The zero-order valence-electron chi connectivity index (χ0n) is 14.6. The number of carbonyl (C=O) groups is 2. The SMILES string of the molecule is Cc1cc(C)cc(-c2ncn(/C=C\C(=O)N3CCC(=O)N3CC#N)n2)c1. The number of aryl methyl sites for hydroxylation is 2. The largest absolute Gasteiger partial charge is 0.273 e. The lowest BCUT2D eigenvalue weighted by atomic mass is 10.1. The number of rotatable bonds is 4. The Kier molecular flexibility index (Phi) is 4.80. The fourth-order valence-corrected chi connectivity index (χ4v) is 2.86. The Balaban J connectivity index is 1.73. The number of hydrazine groups is 1. The molecule has 1 aliphatic rings. The van der Waals surface area contributed by atoms with Crippen LogP contribution in [0.4, 0.5) is 0 Å². The van der Waals surface area contributed by atoms with Crippen molar-refractivity contribution in [2.24, 2.45) is 0 Å². The lowest BCUT2D eigenvalue weighted by Gasteiger charge is -2.24. The molecule has 0 saturated carbocycles. The van der Waals surface area contributed by atoms with Crippen molar-refractivity contribution in [2.45, 2.75) is 20.3 Å². The van der Waals surface area contributed by atoms with E-state index in [1.807, 2.05) is 32.0 Å². The Morgan fingerprint density at radius 3 is 2.73 bits per heavy atom. The van der Waals surface area contributed by atoms with E-state index in [9.17, 15) is 9.59 Å². The van der Waals surface area contributed by atoms with Gasteiger partial charge in [-0.05, 0) is 26.0 Å². The van der Waals surface area contributed by atoms with Gasteiger partial charge in [0.15, 0.2) is 5.82 Å². The molecule has 3 rings (SSSR count). The number of nitriles is 1. The molecule has 26 heavy (non-hydrogen) atoms. The number of carbonyl (C=O) groups excluding carboxylic acids is 2. The molecule has 0 N–H and O–H groups in total. The van der Waals surface area contributed by atoms with Crippen molar-refractivity contribution in [3.63, 3.8) is 0 Å². The first-order valence-electron chi connectivity index (χ1n) is 8.14. The number of hydrogen-bond donors (Lipinski definition) is 0. The number of nitrogens with zero attached hydrogens (tertiary/aromatic N) is 6. The molecule has 2 amide bonds. The van der Waals surface area contributed by atoms with Crippen molar-refractivity contribution < 1.29 is 9.59 Å². The fourth-order valence-electron chi connectivity index (χ4n) is 2.86. The molecule has 0 atom stereocenters. The number of hydrogen-bond acceptors (Lipinski definition) is 5. The van der Waals surface area contributed by atoms with Gasteiger partial charge in [-0.15, -0.1) is 5.10 Å². The van der Waals surface area contributed by atoms with Crippen LogP contribution in [-0.2, 0) is 9.59 Å². The average Bonchev–Trinajstić information content (AvgIpc) is 3.20.